The lowest BCUT2D eigenvalue weighted by atomic mass is 10.0. The molecule has 33 heavy (non-hydrogen) atoms. The Kier molecular flexibility index (Phi) is 8.46. The molecule has 1 heterocycles. The lowest BCUT2D eigenvalue weighted by molar-refractivity contribution is -0.145. The van der Waals surface area contributed by atoms with Gasteiger partial charge in [-0.1, -0.05) is 61.9 Å². The van der Waals surface area contributed by atoms with Crippen molar-refractivity contribution in [3.05, 3.63) is 71.9 Å². The number of para-hydroxylation sites is 1. The number of methoxy groups -OCH3 is 1. The highest BCUT2D eigenvalue weighted by atomic mass is 16.5. The van der Waals surface area contributed by atoms with Gasteiger partial charge in [0.25, 0.3) is 0 Å². The largest absolute Gasteiger partial charge is 0.467 e. The van der Waals surface area contributed by atoms with Crippen LogP contribution in [-0.4, -0.2) is 42.1 Å². The highest BCUT2D eigenvalue weighted by Crippen LogP contribution is 2.19. The molecule has 2 aromatic carbocycles. The van der Waals surface area contributed by atoms with Crippen molar-refractivity contribution in [3.8, 4) is 0 Å². The third kappa shape index (κ3) is 6.58. The van der Waals surface area contributed by atoms with Gasteiger partial charge in [0.15, 0.2) is 0 Å². The number of carbonyl (C=O) groups excluding carboxylic acids is 3. The first-order valence-corrected chi connectivity index (χ1v) is 10.9. The monoisotopic (exact) mass is 451 g/mol. The maximum Gasteiger partial charge on any atom is 0.408 e. The van der Waals surface area contributed by atoms with Crippen LogP contribution >= 0.6 is 0 Å². The number of carbonyl (C=O) groups is 3. The van der Waals surface area contributed by atoms with Crippen molar-refractivity contribution < 1.29 is 23.9 Å². The van der Waals surface area contributed by atoms with E-state index in [2.05, 4.69) is 15.6 Å². The topological polar surface area (TPSA) is 110 Å². The van der Waals surface area contributed by atoms with E-state index in [0.717, 1.165) is 22.0 Å². The molecule has 3 N–H and O–H groups in total. The summed E-state index contributed by atoms with van der Waals surface area (Å²) in [4.78, 5) is 40.8. The standard InChI is InChI=1S/C25H29N3O5/c1-3-9-21(28-25(31)33-16-17-10-5-4-6-11-17)23(29)27-22(24(30)32-2)14-18-15-26-20-13-8-7-12-19(18)20/h4-8,10-13,15,21-22,26H,3,9,14,16H2,1-2H3,(H,27,29)(H,28,31)/t21-,22+/m0/s1. The highest BCUT2D eigenvalue weighted by molar-refractivity contribution is 5.90. The highest BCUT2D eigenvalue weighted by Gasteiger charge is 2.28. The molecular formula is C25H29N3O5. The van der Waals surface area contributed by atoms with Gasteiger partial charge >= 0.3 is 12.1 Å². The smallest absolute Gasteiger partial charge is 0.408 e. The molecule has 0 spiro atoms. The summed E-state index contributed by atoms with van der Waals surface area (Å²) in [6, 6.07) is 15.2. The van der Waals surface area contributed by atoms with Gasteiger partial charge in [0.1, 0.15) is 18.7 Å². The number of ether oxygens (including phenoxy) is 2. The predicted molar refractivity (Wildman–Crippen MR) is 124 cm³/mol. The third-order valence-corrected chi connectivity index (χ3v) is 5.30. The van der Waals surface area contributed by atoms with Crippen LogP contribution in [0.5, 0.6) is 0 Å². The van der Waals surface area contributed by atoms with Gasteiger partial charge in [-0.3, -0.25) is 4.79 Å². The van der Waals surface area contributed by atoms with Gasteiger partial charge in [-0.15, -0.1) is 0 Å². The van der Waals surface area contributed by atoms with Crippen LogP contribution in [0.2, 0.25) is 0 Å². The predicted octanol–water partition coefficient (Wildman–Crippen LogP) is 3.46. The van der Waals surface area contributed by atoms with E-state index in [1.807, 2.05) is 67.7 Å². The minimum atomic E-state index is -0.900. The van der Waals surface area contributed by atoms with Gasteiger partial charge in [-0.2, -0.15) is 0 Å². The minimum absolute atomic E-state index is 0.0957. The maximum absolute atomic E-state index is 13.0. The molecule has 2 amide bonds. The van der Waals surface area contributed by atoms with E-state index in [-0.39, 0.29) is 13.0 Å². The Balaban J connectivity index is 1.64. The third-order valence-electron chi connectivity index (χ3n) is 5.30. The first-order valence-electron chi connectivity index (χ1n) is 10.9. The van der Waals surface area contributed by atoms with Gasteiger partial charge in [0, 0.05) is 23.5 Å². The van der Waals surface area contributed by atoms with Crippen molar-refractivity contribution in [1.82, 2.24) is 15.6 Å². The molecule has 2 atom stereocenters. The first-order chi connectivity index (χ1) is 16.0. The summed E-state index contributed by atoms with van der Waals surface area (Å²) in [5.74, 6) is -1.03. The number of benzene rings is 2. The van der Waals surface area contributed by atoms with E-state index in [4.69, 9.17) is 9.47 Å². The Bertz CT molecular complexity index is 1080. The van der Waals surface area contributed by atoms with Crippen molar-refractivity contribution in [2.75, 3.05) is 7.11 Å². The average molecular weight is 452 g/mol. The number of nitrogens with one attached hydrogen (secondary N) is 3. The van der Waals surface area contributed by atoms with Crippen LogP contribution in [0.1, 0.15) is 30.9 Å². The lowest BCUT2D eigenvalue weighted by Crippen LogP contribution is -2.52. The van der Waals surface area contributed by atoms with E-state index < -0.39 is 30.1 Å². The molecular weight excluding hydrogens is 422 g/mol. The zero-order valence-electron chi connectivity index (χ0n) is 18.8. The number of aromatic nitrogens is 1. The van der Waals surface area contributed by atoms with Gasteiger partial charge in [-0.25, -0.2) is 9.59 Å². The Hall–Kier alpha value is -3.81. The quantitative estimate of drug-likeness (QED) is 0.409. The minimum Gasteiger partial charge on any atom is -0.467 e. The molecule has 1 aromatic heterocycles. The molecule has 0 aliphatic carbocycles. The van der Waals surface area contributed by atoms with Crippen LogP contribution in [0.15, 0.2) is 60.8 Å². The summed E-state index contributed by atoms with van der Waals surface area (Å²) >= 11 is 0. The number of hydrogen-bond donors (Lipinski definition) is 3. The number of esters is 1. The van der Waals surface area contributed by atoms with Crippen LogP contribution in [0, 0.1) is 0 Å². The van der Waals surface area contributed by atoms with Crippen molar-refractivity contribution >= 4 is 28.9 Å². The molecule has 0 saturated carbocycles. The average Bonchev–Trinajstić information content (AvgIpc) is 3.25. The fraction of sp³-hybridized carbons (Fsp3) is 0.320. The zero-order valence-corrected chi connectivity index (χ0v) is 18.8. The van der Waals surface area contributed by atoms with Gasteiger partial charge in [0.05, 0.1) is 7.11 Å². The second kappa shape index (κ2) is 11.7. The Morgan fingerprint density at radius 2 is 1.70 bits per heavy atom. The normalized spacial score (nSPS) is 12.5. The summed E-state index contributed by atoms with van der Waals surface area (Å²) in [6.45, 7) is 2.00. The Morgan fingerprint density at radius 3 is 2.42 bits per heavy atom. The van der Waals surface area contributed by atoms with Crippen molar-refractivity contribution in [1.29, 1.82) is 0 Å². The number of rotatable bonds is 10. The number of hydrogen-bond acceptors (Lipinski definition) is 5. The molecule has 0 radical (unpaired) electrons. The second-order valence-corrected chi connectivity index (χ2v) is 7.70. The van der Waals surface area contributed by atoms with Gasteiger partial charge in [-0.05, 0) is 23.6 Å². The number of H-pyrrole nitrogens is 1. The summed E-state index contributed by atoms with van der Waals surface area (Å²) in [5.41, 5.74) is 2.66. The summed E-state index contributed by atoms with van der Waals surface area (Å²) in [7, 11) is 1.28. The fourth-order valence-corrected chi connectivity index (χ4v) is 3.59. The van der Waals surface area contributed by atoms with E-state index in [1.54, 1.807) is 0 Å². The van der Waals surface area contributed by atoms with Crippen molar-refractivity contribution in [2.24, 2.45) is 0 Å². The molecule has 0 aliphatic rings. The molecule has 3 rings (SSSR count). The SMILES string of the molecule is CCC[C@H](NC(=O)OCc1ccccc1)C(=O)N[C@H](Cc1c[nH]c2ccccc12)C(=O)OC. The maximum atomic E-state index is 13.0. The molecule has 8 heteroatoms. The molecule has 174 valence electrons. The second-order valence-electron chi connectivity index (χ2n) is 7.70. The summed E-state index contributed by atoms with van der Waals surface area (Å²) in [6.07, 6.45) is 2.42. The zero-order chi connectivity index (χ0) is 23.6. The van der Waals surface area contributed by atoms with Crippen molar-refractivity contribution in [2.45, 2.75) is 44.9 Å². The number of amides is 2. The van der Waals surface area contributed by atoms with E-state index >= 15 is 0 Å². The fourth-order valence-electron chi connectivity index (χ4n) is 3.59. The van der Waals surface area contributed by atoms with E-state index in [1.165, 1.54) is 7.11 Å². The molecule has 3 aromatic rings. The number of fused-ring (bicyclic) bond motifs is 1. The first kappa shape index (κ1) is 23.8. The Labute approximate surface area is 192 Å². The molecule has 0 aliphatic heterocycles. The molecule has 8 nitrogen and oxygen atoms in total. The lowest BCUT2D eigenvalue weighted by Gasteiger charge is -2.22. The number of aromatic amines is 1. The molecule has 0 bridgehead atoms. The molecule has 0 fully saturated rings. The van der Waals surface area contributed by atoms with E-state index in [0.29, 0.717) is 12.8 Å². The van der Waals surface area contributed by atoms with E-state index in [9.17, 15) is 14.4 Å². The van der Waals surface area contributed by atoms with Crippen LogP contribution in [0.25, 0.3) is 10.9 Å². The molecule has 0 unspecified atom stereocenters. The van der Waals surface area contributed by atoms with Crippen LogP contribution < -0.4 is 10.6 Å². The van der Waals surface area contributed by atoms with Crippen molar-refractivity contribution in [3.63, 3.8) is 0 Å². The van der Waals surface area contributed by atoms with Crippen LogP contribution in [0.4, 0.5) is 4.79 Å². The van der Waals surface area contributed by atoms with Crippen LogP contribution in [-0.2, 0) is 32.1 Å². The van der Waals surface area contributed by atoms with Gasteiger partial charge < -0.3 is 25.1 Å². The van der Waals surface area contributed by atoms with Crippen LogP contribution in [0.3, 0.4) is 0 Å². The summed E-state index contributed by atoms with van der Waals surface area (Å²) < 4.78 is 10.1. The summed E-state index contributed by atoms with van der Waals surface area (Å²) in [5, 5.41) is 6.31. The Morgan fingerprint density at radius 1 is 0.970 bits per heavy atom. The molecule has 0 saturated heterocycles. The number of alkyl carbamates (subject to hydrolysis) is 1. The van der Waals surface area contributed by atoms with Gasteiger partial charge in [0.2, 0.25) is 5.91 Å².